The van der Waals surface area contributed by atoms with Crippen LogP contribution in [0.25, 0.3) is 11.0 Å². The van der Waals surface area contributed by atoms with Crippen LogP contribution in [0.2, 0.25) is 0 Å². The molecule has 4 rings (SSSR count). The van der Waals surface area contributed by atoms with E-state index in [1.807, 2.05) is 0 Å². The van der Waals surface area contributed by atoms with Gasteiger partial charge < -0.3 is 10.6 Å². The highest BCUT2D eigenvalue weighted by molar-refractivity contribution is 7.89. The summed E-state index contributed by atoms with van der Waals surface area (Å²) in [7, 11) is -3.93. The molecule has 12 heteroatoms. The Labute approximate surface area is 195 Å². The van der Waals surface area contributed by atoms with E-state index in [1.54, 1.807) is 9.58 Å². The topological polar surface area (TPSA) is 136 Å². The molecule has 1 atom stereocenters. The van der Waals surface area contributed by atoms with E-state index in [1.165, 1.54) is 24.5 Å². The van der Waals surface area contributed by atoms with Gasteiger partial charge >= 0.3 is 0 Å². The Kier molecular flexibility index (Phi) is 6.58. The van der Waals surface area contributed by atoms with Crippen molar-refractivity contribution in [2.24, 2.45) is 0 Å². The van der Waals surface area contributed by atoms with Crippen LogP contribution in [0.4, 0.5) is 10.2 Å². The average Bonchev–Trinajstić information content (AvgIpc) is 3.21. The van der Waals surface area contributed by atoms with E-state index in [9.17, 15) is 17.6 Å². The molecular weight excluding hydrogens is 461 g/mol. The largest absolute Gasteiger partial charge is 0.383 e. The number of benzene rings is 1. The second-order valence-corrected chi connectivity index (χ2v) is 9.39. The van der Waals surface area contributed by atoms with Crippen LogP contribution in [0.15, 0.2) is 48.1 Å². The number of likely N-dealkylation sites (tertiary alicyclic amines) is 1. The fourth-order valence-electron chi connectivity index (χ4n) is 3.80. The molecule has 1 fully saturated rings. The van der Waals surface area contributed by atoms with E-state index < -0.39 is 15.8 Å². The number of hydrogen-bond acceptors (Lipinski definition) is 7. The fraction of sp³-hybridized carbons (Fsp3) is 0.273. The van der Waals surface area contributed by atoms with Crippen molar-refractivity contribution in [2.75, 3.05) is 25.4 Å². The third-order valence-electron chi connectivity index (χ3n) is 5.41. The summed E-state index contributed by atoms with van der Waals surface area (Å²) in [5.74, 6) is 4.93. The molecule has 1 amide bonds. The molecule has 0 saturated carbocycles. The van der Waals surface area contributed by atoms with Crippen LogP contribution >= 0.6 is 0 Å². The van der Waals surface area contributed by atoms with Crippen molar-refractivity contribution in [1.82, 2.24) is 29.4 Å². The van der Waals surface area contributed by atoms with Gasteiger partial charge in [-0.3, -0.25) is 4.79 Å². The zero-order valence-corrected chi connectivity index (χ0v) is 18.9. The number of halogens is 1. The molecule has 3 aromatic rings. The molecule has 3 heterocycles. The Balaban J connectivity index is 1.59. The minimum Gasteiger partial charge on any atom is -0.383 e. The summed E-state index contributed by atoms with van der Waals surface area (Å²) in [5, 5.41) is 5.02. The lowest BCUT2D eigenvalue weighted by Gasteiger charge is -2.32. The van der Waals surface area contributed by atoms with E-state index in [2.05, 4.69) is 38.2 Å². The number of carbonyl (C=O) groups excluding carboxylic acids is 1. The molecule has 1 saturated heterocycles. The molecule has 1 aliphatic rings. The van der Waals surface area contributed by atoms with Crippen LogP contribution in [-0.2, 0) is 14.8 Å². The normalized spacial score (nSPS) is 16.1. The maximum absolute atomic E-state index is 13.4. The molecule has 34 heavy (non-hydrogen) atoms. The van der Waals surface area contributed by atoms with Crippen LogP contribution in [0.3, 0.4) is 0 Å². The number of amides is 1. The number of nitrogens with zero attached hydrogens (tertiary/aromatic N) is 5. The van der Waals surface area contributed by atoms with E-state index in [-0.39, 0.29) is 29.2 Å². The third kappa shape index (κ3) is 4.75. The van der Waals surface area contributed by atoms with Crippen molar-refractivity contribution in [3.05, 3.63) is 54.8 Å². The summed E-state index contributed by atoms with van der Waals surface area (Å²) in [6.45, 7) is 4.39. The smallest absolute Gasteiger partial charge is 0.246 e. The Bertz CT molecular complexity index is 1430. The number of nitrogen functional groups attached to an aromatic ring is 1. The van der Waals surface area contributed by atoms with Gasteiger partial charge in [-0.25, -0.2) is 27.5 Å². The van der Waals surface area contributed by atoms with Crippen molar-refractivity contribution in [3.63, 3.8) is 0 Å². The highest BCUT2D eigenvalue weighted by Crippen LogP contribution is 2.28. The molecule has 1 aromatic carbocycles. The SMILES string of the molecule is C=CC(=O)N1CCC[C@@H](n2nc(C#CCNS(=O)(=O)c3cccc(F)c3)c3c(N)ncnc32)C1. The minimum absolute atomic E-state index is 0.142. The Morgan fingerprint density at radius 3 is 2.97 bits per heavy atom. The predicted octanol–water partition coefficient (Wildman–Crippen LogP) is 1.23. The second-order valence-electron chi connectivity index (χ2n) is 7.62. The van der Waals surface area contributed by atoms with Crippen molar-refractivity contribution in [1.29, 1.82) is 0 Å². The van der Waals surface area contributed by atoms with Crippen LogP contribution in [-0.4, -0.2) is 58.6 Å². The van der Waals surface area contributed by atoms with Gasteiger partial charge in [0.15, 0.2) is 5.65 Å². The number of sulfonamides is 1. The number of piperidine rings is 1. The number of nitrogens with one attached hydrogen (secondary N) is 1. The van der Waals surface area contributed by atoms with Crippen molar-refractivity contribution in [2.45, 2.75) is 23.8 Å². The first-order valence-corrected chi connectivity index (χ1v) is 11.9. The second kappa shape index (κ2) is 9.58. The maximum atomic E-state index is 13.4. The van der Waals surface area contributed by atoms with E-state index in [0.717, 1.165) is 25.0 Å². The number of hydrogen-bond donors (Lipinski definition) is 2. The van der Waals surface area contributed by atoms with E-state index in [0.29, 0.717) is 29.8 Å². The molecule has 0 bridgehead atoms. The van der Waals surface area contributed by atoms with Crippen LogP contribution < -0.4 is 10.5 Å². The molecule has 3 N–H and O–H groups in total. The quantitative estimate of drug-likeness (QED) is 0.411. The highest BCUT2D eigenvalue weighted by Gasteiger charge is 2.27. The average molecular weight is 484 g/mol. The lowest BCUT2D eigenvalue weighted by Crippen LogP contribution is -2.40. The summed E-state index contributed by atoms with van der Waals surface area (Å²) >= 11 is 0. The zero-order valence-electron chi connectivity index (χ0n) is 18.1. The molecule has 0 radical (unpaired) electrons. The van der Waals surface area contributed by atoms with E-state index in [4.69, 9.17) is 5.73 Å². The number of nitrogens with two attached hydrogens (primary N) is 1. The predicted molar refractivity (Wildman–Crippen MR) is 123 cm³/mol. The van der Waals surface area contributed by atoms with Gasteiger partial charge in [0.1, 0.15) is 23.7 Å². The fourth-order valence-corrected chi connectivity index (χ4v) is 4.75. The number of carbonyl (C=O) groups is 1. The Morgan fingerprint density at radius 1 is 1.38 bits per heavy atom. The number of rotatable bonds is 5. The molecule has 176 valence electrons. The molecular formula is C22H22FN7O3S. The van der Waals surface area contributed by atoms with Crippen molar-refractivity contribution >= 4 is 32.8 Å². The molecule has 1 aliphatic heterocycles. The van der Waals surface area contributed by atoms with Gasteiger partial charge in [-0.15, -0.1) is 0 Å². The van der Waals surface area contributed by atoms with Crippen LogP contribution in [0, 0.1) is 17.7 Å². The van der Waals surface area contributed by atoms with Crippen molar-refractivity contribution in [3.8, 4) is 11.8 Å². The van der Waals surface area contributed by atoms with Gasteiger partial charge in [-0.05, 0) is 43.0 Å². The van der Waals surface area contributed by atoms with Gasteiger partial charge in [0.25, 0.3) is 0 Å². The summed E-state index contributed by atoms with van der Waals surface area (Å²) in [4.78, 5) is 21.9. The summed E-state index contributed by atoms with van der Waals surface area (Å²) in [5.41, 5.74) is 6.84. The molecule has 0 unspecified atom stereocenters. The molecule has 10 nitrogen and oxygen atoms in total. The molecule has 2 aromatic heterocycles. The molecule has 0 aliphatic carbocycles. The standard InChI is InChI=1S/C22H22FN7O3S/c1-2-19(31)29-11-5-7-16(13-29)30-22-20(21(24)25-14-26-22)18(28-30)9-4-10-27-34(32,33)17-8-3-6-15(23)12-17/h2-3,6,8,12,14,16,27H,1,5,7,10-11,13H2,(H2,24,25,26)/t16-/m1/s1. The first kappa shape index (κ1) is 23.3. The van der Waals surface area contributed by atoms with Gasteiger partial charge in [-0.1, -0.05) is 18.6 Å². The first-order valence-electron chi connectivity index (χ1n) is 10.4. The lowest BCUT2D eigenvalue weighted by atomic mass is 10.1. The van der Waals surface area contributed by atoms with Gasteiger partial charge in [-0.2, -0.15) is 9.82 Å². The van der Waals surface area contributed by atoms with Gasteiger partial charge in [0.2, 0.25) is 15.9 Å². The highest BCUT2D eigenvalue weighted by atomic mass is 32.2. The zero-order chi connectivity index (χ0) is 24.3. The summed E-state index contributed by atoms with van der Waals surface area (Å²) < 4.78 is 42.0. The summed E-state index contributed by atoms with van der Waals surface area (Å²) in [6, 6.07) is 4.54. The third-order valence-corrected chi connectivity index (χ3v) is 6.81. The monoisotopic (exact) mass is 483 g/mol. The van der Waals surface area contributed by atoms with E-state index >= 15 is 0 Å². The Hall–Kier alpha value is -3.82. The number of fused-ring (bicyclic) bond motifs is 1. The minimum atomic E-state index is -3.93. The maximum Gasteiger partial charge on any atom is 0.246 e. The number of anilines is 1. The summed E-state index contributed by atoms with van der Waals surface area (Å²) in [6.07, 6.45) is 4.18. The van der Waals surface area contributed by atoms with Crippen LogP contribution in [0.1, 0.15) is 24.6 Å². The first-order chi connectivity index (χ1) is 16.3. The van der Waals surface area contributed by atoms with Gasteiger partial charge in [0.05, 0.1) is 22.9 Å². The lowest BCUT2D eigenvalue weighted by molar-refractivity contribution is -0.127. The Morgan fingerprint density at radius 2 is 2.21 bits per heavy atom. The number of aromatic nitrogens is 4. The van der Waals surface area contributed by atoms with Gasteiger partial charge in [0, 0.05) is 13.1 Å². The van der Waals surface area contributed by atoms with Crippen LogP contribution in [0.5, 0.6) is 0 Å². The van der Waals surface area contributed by atoms with Crippen molar-refractivity contribution < 1.29 is 17.6 Å². The molecule has 0 spiro atoms.